The number of imidazole rings is 1. The number of benzene rings is 1. The topological polar surface area (TPSA) is 75.9 Å². The minimum atomic E-state index is -0.317. The van der Waals surface area contributed by atoms with Crippen LogP contribution in [0.2, 0.25) is 0 Å². The molecule has 1 N–H and O–H groups in total. The fourth-order valence-corrected chi connectivity index (χ4v) is 4.52. The fraction of sp³-hybridized carbons (Fsp3) is 0.455. The number of carbonyl (C=O) groups is 1. The predicted molar refractivity (Wildman–Crippen MR) is 113 cm³/mol. The lowest BCUT2D eigenvalue weighted by Crippen LogP contribution is -2.41. The average Bonchev–Trinajstić information content (AvgIpc) is 2.96. The number of piperidine rings is 1. The summed E-state index contributed by atoms with van der Waals surface area (Å²) in [5, 5.41) is 2.91. The fourth-order valence-electron chi connectivity index (χ4n) is 4.52. The van der Waals surface area contributed by atoms with Crippen LogP contribution in [-0.4, -0.2) is 38.5 Å². The van der Waals surface area contributed by atoms with Crippen molar-refractivity contribution in [3.63, 3.8) is 0 Å². The minimum Gasteiger partial charge on any atom is -0.354 e. The van der Waals surface area contributed by atoms with E-state index in [1.807, 2.05) is 0 Å². The first kappa shape index (κ1) is 19.0. The average molecular weight is 408 g/mol. The highest BCUT2D eigenvalue weighted by molar-refractivity contribution is 5.93. The van der Waals surface area contributed by atoms with Crippen molar-refractivity contribution < 1.29 is 9.18 Å². The van der Waals surface area contributed by atoms with Crippen LogP contribution in [0.3, 0.4) is 0 Å². The van der Waals surface area contributed by atoms with Gasteiger partial charge in [0.1, 0.15) is 18.0 Å². The molecule has 4 heterocycles. The highest BCUT2D eigenvalue weighted by Crippen LogP contribution is 2.29. The molecule has 0 radical (unpaired) electrons. The van der Waals surface area contributed by atoms with Gasteiger partial charge < -0.3 is 14.8 Å². The molecule has 3 aromatic rings. The Balaban J connectivity index is 1.37. The Hall–Kier alpha value is -3.03. The van der Waals surface area contributed by atoms with Gasteiger partial charge in [0.15, 0.2) is 17.0 Å². The standard InChI is InChI=1S/C22H25FN6O/c23-16-7-9-17(10-8-16)26-22(30)15-5-4-11-28(13-15)20-19-21(25-14-24-20)29-12-3-1-2-6-18(29)27-19/h7-10,14-15H,1-6,11-13H2,(H,26,30)/t15-/m0/s1. The number of nitrogens with zero attached hydrogens (tertiary/aromatic N) is 5. The lowest BCUT2D eigenvalue weighted by molar-refractivity contribution is -0.120. The van der Waals surface area contributed by atoms with Crippen LogP contribution in [0.15, 0.2) is 30.6 Å². The molecule has 0 bridgehead atoms. The molecular formula is C22H25FN6O. The van der Waals surface area contributed by atoms with Gasteiger partial charge in [0.2, 0.25) is 5.91 Å². The zero-order valence-corrected chi connectivity index (χ0v) is 16.9. The van der Waals surface area contributed by atoms with Gasteiger partial charge in [0.25, 0.3) is 0 Å². The molecule has 0 saturated carbocycles. The van der Waals surface area contributed by atoms with Gasteiger partial charge in [-0.2, -0.15) is 0 Å². The molecule has 5 rings (SSSR count). The lowest BCUT2D eigenvalue weighted by Gasteiger charge is -2.32. The summed E-state index contributed by atoms with van der Waals surface area (Å²) < 4.78 is 15.3. The number of hydrogen-bond donors (Lipinski definition) is 1. The van der Waals surface area contributed by atoms with Gasteiger partial charge in [-0.25, -0.2) is 19.3 Å². The molecule has 30 heavy (non-hydrogen) atoms. The lowest BCUT2D eigenvalue weighted by atomic mass is 9.97. The quantitative estimate of drug-likeness (QED) is 0.717. The molecule has 8 heteroatoms. The number of aryl methyl sites for hydroxylation is 2. The molecule has 1 aromatic carbocycles. The SMILES string of the molecule is O=C(Nc1ccc(F)cc1)[C@H]1CCCN(c2ncnc3c2nc2n3CCCCC2)C1. The van der Waals surface area contributed by atoms with Gasteiger partial charge in [0, 0.05) is 31.7 Å². The Morgan fingerprint density at radius 3 is 2.80 bits per heavy atom. The largest absolute Gasteiger partial charge is 0.354 e. The van der Waals surface area contributed by atoms with Crippen LogP contribution in [0, 0.1) is 11.7 Å². The Labute approximate surface area is 174 Å². The number of halogens is 1. The van der Waals surface area contributed by atoms with E-state index in [9.17, 15) is 9.18 Å². The maximum atomic E-state index is 13.1. The number of rotatable bonds is 3. The molecule has 0 unspecified atom stereocenters. The van der Waals surface area contributed by atoms with Crippen molar-refractivity contribution in [2.75, 3.05) is 23.3 Å². The summed E-state index contributed by atoms with van der Waals surface area (Å²) in [5.41, 5.74) is 2.35. The van der Waals surface area contributed by atoms with E-state index < -0.39 is 0 Å². The first-order chi connectivity index (χ1) is 14.7. The van der Waals surface area contributed by atoms with Gasteiger partial charge in [-0.05, 0) is 49.9 Å². The molecule has 1 atom stereocenters. The summed E-state index contributed by atoms with van der Waals surface area (Å²) in [6.07, 6.45) is 7.82. The second-order valence-corrected chi connectivity index (χ2v) is 8.14. The van der Waals surface area contributed by atoms with E-state index in [-0.39, 0.29) is 17.6 Å². The molecule has 1 saturated heterocycles. The van der Waals surface area contributed by atoms with Crippen molar-refractivity contribution in [1.82, 2.24) is 19.5 Å². The predicted octanol–water partition coefficient (Wildman–Crippen LogP) is 3.55. The van der Waals surface area contributed by atoms with Crippen molar-refractivity contribution >= 4 is 28.6 Å². The van der Waals surface area contributed by atoms with Crippen molar-refractivity contribution in [3.05, 3.63) is 42.2 Å². The van der Waals surface area contributed by atoms with Gasteiger partial charge in [-0.3, -0.25) is 4.79 Å². The highest BCUT2D eigenvalue weighted by Gasteiger charge is 2.29. The third-order valence-electron chi connectivity index (χ3n) is 6.08. The summed E-state index contributed by atoms with van der Waals surface area (Å²) in [6.45, 7) is 2.38. The van der Waals surface area contributed by atoms with E-state index in [2.05, 4.69) is 24.8 Å². The van der Waals surface area contributed by atoms with Crippen LogP contribution in [0.25, 0.3) is 11.2 Å². The minimum absolute atomic E-state index is 0.0442. The summed E-state index contributed by atoms with van der Waals surface area (Å²) >= 11 is 0. The number of carbonyl (C=O) groups excluding carboxylic acids is 1. The summed E-state index contributed by atoms with van der Waals surface area (Å²) in [4.78, 5) is 28.9. The first-order valence-electron chi connectivity index (χ1n) is 10.7. The van der Waals surface area contributed by atoms with Crippen molar-refractivity contribution in [1.29, 1.82) is 0 Å². The van der Waals surface area contributed by atoms with Crippen LogP contribution in [-0.2, 0) is 17.8 Å². The molecule has 0 spiro atoms. The molecule has 7 nitrogen and oxygen atoms in total. The molecule has 156 valence electrons. The summed E-state index contributed by atoms with van der Waals surface area (Å²) in [6, 6.07) is 5.87. The number of nitrogens with one attached hydrogen (secondary N) is 1. The van der Waals surface area contributed by atoms with E-state index in [4.69, 9.17) is 4.98 Å². The second-order valence-electron chi connectivity index (χ2n) is 8.14. The van der Waals surface area contributed by atoms with Gasteiger partial charge in [-0.1, -0.05) is 6.42 Å². The Kier molecular flexibility index (Phi) is 5.06. The first-order valence-corrected chi connectivity index (χ1v) is 10.7. The molecule has 0 aliphatic carbocycles. The van der Waals surface area contributed by atoms with Crippen LogP contribution < -0.4 is 10.2 Å². The van der Waals surface area contributed by atoms with Crippen LogP contribution in [0.5, 0.6) is 0 Å². The van der Waals surface area contributed by atoms with E-state index in [0.29, 0.717) is 12.2 Å². The van der Waals surface area contributed by atoms with E-state index in [1.54, 1.807) is 18.5 Å². The third kappa shape index (κ3) is 3.62. The summed E-state index contributed by atoms with van der Waals surface area (Å²) in [7, 11) is 0. The number of anilines is 2. The Bertz CT molecular complexity index is 1060. The third-order valence-corrected chi connectivity index (χ3v) is 6.08. The monoisotopic (exact) mass is 408 g/mol. The van der Waals surface area contributed by atoms with Crippen LogP contribution >= 0.6 is 0 Å². The molecule has 2 aliphatic rings. The second kappa shape index (κ2) is 8.01. The van der Waals surface area contributed by atoms with Crippen molar-refractivity contribution in [2.45, 2.75) is 45.1 Å². The molecule has 2 aliphatic heterocycles. The Morgan fingerprint density at radius 2 is 1.93 bits per heavy atom. The molecule has 1 amide bonds. The van der Waals surface area contributed by atoms with Gasteiger partial charge >= 0.3 is 0 Å². The summed E-state index contributed by atoms with van der Waals surface area (Å²) in [5.74, 6) is 1.39. The van der Waals surface area contributed by atoms with Gasteiger partial charge in [-0.15, -0.1) is 0 Å². The van der Waals surface area contributed by atoms with E-state index in [0.717, 1.165) is 68.0 Å². The number of amides is 1. The molecular weight excluding hydrogens is 383 g/mol. The number of hydrogen-bond acceptors (Lipinski definition) is 5. The number of fused-ring (bicyclic) bond motifs is 3. The zero-order chi connectivity index (χ0) is 20.5. The smallest absolute Gasteiger partial charge is 0.229 e. The van der Waals surface area contributed by atoms with E-state index >= 15 is 0 Å². The van der Waals surface area contributed by atoms with Gasteiger partial charge in [0.05, 0.1) is 5.92 Å². The van der Waals surface area contributed by atoms with Crippen molar-refractivity contribution in [3.8, 4) is 0 Å². The maximum Gasteiger partial charge on any atom is 0.229 e. The number of aromatic nitrogens is 4. The van der Waals surface area contributed by atoms with E-state index in [1.165, 1.54) is 18.6 Å². The van der Waals surface area contributed by atoms with Crippen LogP contribution in [0.4, 0.5) is 15.9 Å². The molecule has 2 aromatic heterocycles. The Morgan fingerprint density at radius 1 is 1.07 bits per heavy atom. The normalized spacial score (nSPS) is 19.4. The maximum absolute atomic E-state index is 13.1. The molecule has 1 fully saturated rings. The zero-order valence-electron chi connectivity index (χ0n) is 16.9. The van der Waals surface area contributed by atoms with Crippen LogP contribution in [0.1, 0.15) is 37.9 Å². The van der Waals surface area contributed by atoms with Crippen molar-refractivity contribution in [2.24, 2.45) is 5.92 Å². The highest BCUT2D eigenvalue weighted by atomic mass is 19.1.